The highest BCUT2D eigenvalue weighted by Crippen LogP contribution is 2.56. The van der Waals surface area contributed by atoms with E-state index < -0.39 is 0 Å². The zero-order valence-corrected chi connectivity index (χ0v) is 47.0. The monoisotopic (exact) mass is 947 g/mol. The van der Waals surface area contributed by atoms with Crippen molar-refractivity contribution in [1.82, 2.24) is 0 Å². The van der Waals surface area contributed by atoms with Crippen molar-refractivity contribution in [2.75, 3.05) is 9.80 Å². The smallest absolute Gasteiger partial charge is 0.252 e. The minimum Gasteiger partial charge on any atom is -0.311 e. The van der Waals surface area contributed by atoms with Gasteiger partial charge < -0.3 is 9.80 Å². The molecule has 0 fully saturated rings. The standard InChI is InChI=1S/C69H79BN2/c1-42-32-46(63(2,3)4)26-30-56(42)71-58-29-25-44(43-22-20-19-21-23-43)34-54(58)70-55-38-52-53(69(17,18)41-68(52,15)16)39-59(55)72(61-37-48(65(8,9)10)36-60(71)62(61)70)57-31-27-47(64(5,6)7)35-49(57)45-24-28-50-51(33-45)67(13,14)40-66(50,11)12/h19-39H,40-41H2,1-18H3. The molecule has 368 valence electrons. The van der Waals surface area contributed by atoms with E-state index in [4.69, 9.17) is 0 Å². The van der Waals surface area contributed by atoms with Crippen molar-refractivity contribution in [2.24, 2.45) is 0 Å². The summed E-state index contributed by atoms with van der Waals surface area (Å²) < 4.78 is 0. The Bertz CT molecular complexity index is 3380. The zero-order valence-electron chi connectivity index (χ0n) is 47.0. The van der Waals surface area contributed by atoms with Gasteiger partial charge in [-0.25, -0.2) is 0 Å². The number of anilines is 6. The van der Waals surface area contributed by atoms with Crippen LogP contribution in [0, 0.1) is 6.92 Å². The number of benzene rings is 7. The second kappa shape index (κ2) is 15.6. The Hall–Kier alpha value is -5.80. The Labute approximate surface area is 434 Å². The Kier molecular flexibility index (Phi) is 10.5. The molecule has 0 amide bonds. The maximum absolute atomic E-state index is 2.74. The fourth-order valence-electron chi connectivity index (χ4n) is 14.2. The van der Waals surface area contributed by atoms with Gasteiger partial charge in [-0.2, -0.15) is 0 Å². The molecule has 0 N–H and O–H groups in total. The highest BCUT2D eigenvalue weighted by atomic mass is 15.2. The molecule has 0 unspecified atom stereocenters. The van der Waals surface area contributed by atoms with E-state index in [0.717, 1.165) is 12.8 Å². The second-order valence-corrected chi connectivity index (χ2v) is 28.3. The van der Waals surface area contributed by atoms with Crippen LogP contribution in [-0.2, 0) is 37.9 Å². The normalized spacial score (nSPS) is 17.8. The fourth-order valence-corrected chi connectivity index (χ4v) is 14.2. The van der Waals surface area contributed by atoms with E-state index in [1.165, 1.54) is 117 Å². The van der Waals surface area contributed by atoms with Crippen molar-refractivity contribution in [2.45, 2.75) is 175 Å². The molecule has 11 rings (SSSR count). The predicted molar refractivity (Wildman–Crippen MR) is 314 cm³/mol. The van der Waals surface area contributed by atoms with E-state index in [1.807, 2.05) is 0 Å². The van der Waals surface area contributed by atoms with Gasteiger partial charge in [-0.15, -0.1) is 0 Å². The lowest BCUT2D eigenvalue weighted by atomic mass is 9.33. The lowest BCUT2D eigenvalue weighted by Crippen LogP contribution is -2.61. The van der Waals surface area contributed by atoms with E-state index in [-0.39, 0.29) is 44.6 Å². The minimum absolute atomic E-state index is 0.00795. The van der Waals surface area contributed by atoms with E-state index in [1.54, 1.807) is 0 Å². The summed E-state index contributed by atoms with van der Waals surface area (Å²) in [5, 5.41) is 0. The first-order chi connectivity index (χ1) is 33.5. The first-order valence-corrected chi connectivity index (χ1v) is 27.0. The third kappa shape index (κ3) is 7.56. The van der Waals surface area contributed by atoms with Gasteiger partial charge in [0, 0.05) is 34.0 Å². The molecule has 0 saturated carbocycles. The molecule has 2 nitrogen and oxygen atoms in total. The van der Waals surface area contributed by atoms with E-state index in [2.05, 4.69) is 262 Å². The van der Waals surface area contributed by atoms with Crippen molar-refractivity contribution in [1.29, 1.82) is 0 Å². The molecule has 3 heteroatoms. The van der Waals surface area contributed by atoms with Crippen LogP contribution in [0.1, 0.15) is 175 Å². The molecule has 0 bridgehead atoms. The molecule has 0 spiro atoms. The molecule has 0 saturated heterocycles. The van der Waals surface area contributed by atoms with E-state index >= 15 is 0 Å². The molecule has 2 aliphatic carbocycles. The highest BCUT2D eigenvalue weighted by molar-refractivity contribution is 7.00. The molecule has 2 heterocycles. The number of rotatable bonds is 4. The van der Waals surface area contributed by atoms with Crippen LogP contribution in [0.3, 0.4) is 0 Å². The maximum Gasteiger partial charge on any atom is 0.252 e. The largest absolute Gasteiger partial charge is 0.311 e. The molecule has 72 heavy (non-hydrogen) atoms. The molecular formula is C69H79BN2. The van der Waals surface area contributed by atoms with Gasteiger partial charge in [-0.05, 0) is 178 Å². The molecule has 0 atom stereocenters. The Morgan fingerprint density at radius 3 is 1.44 bits per heavy atom. The fraction of sp³-hybridized carbons (Fsp3) is 0.391. The van der Waals surface area contributed by atoms with Crippen LogP contribution in [0.25, 0.3) is 22.3 Å². The molecule has 7 aromatic rings. The number of nitrogens with zero attached hydrogens (tertiary/aromatic N) is 2. The van der Waals surface area contributed by atoms with Gasteiger partial charge >= 0.3 is 0 Å². The van der Waals surface area contributed by atoms with Gasteiger partial charge in [-0.3, -0.25) is 0 Å². The predicted octanol–water partition coefficient (Wildman–Crippen LogP) is 17.2. The average molecular weight is 947 g/mol. The summed E-state index contributed by atoms with van der Waals surface area (Å²) in [5.41, 5.74) is 28.1. The average Bonchev–Trinajstić information content (AvgIpc) is 3.60. The van der Waals surface area contributed by atoms with Crippen LogP contribution < -0.4 is 26.2 Å². The highest BCUT2D eigenvalue weighted by Gasteiger charge is 2.49. The minimum atomic E-state index is -0.136. The summed E-state index contributed by atoms with van der Waals surface area (Å²) in [4.78, 5) is 5.39. The number of hydrogen-bond donors (Lipinski definition) is 0. The zero-order chi connectivity index (χ0) is 51.6. The molecule has 2 aliphatic heterocycles. The lowest BCUT2D eigenvalue weighted by molar-refractivity contribution is 0.403. The second-order valence-electron chi connectivity index (χ2n) is 28.3. The van der Waals surface area contributed by atoms with Crippen LogP contribution in [0.5, 0.6) is 0 Å². The molecule has 0 radical (unpaired) electrons. The van der Waals surface area contributed by atoms with Crippen LogP contribution in [0.15, 0.2) is 127 Å². The van der Waals surface area contributed by atoms with Crippen molar-refractivity contribution < 1.29 is 0 Å². The summed E-state index contributed by atoms with van der Waals surface area (Å²) in [6.45, 7) is 43.3. The third-order valence-corrected chi connectivity index (χ3v) is 17.6. The van der Waals surface area contributed by atoms with Crippen molar-refractivity contribution in [3.63, 3.8) is 0 Å². The van der Waals surface area contributed by atoms with Gasteiger partial charge in [0.1, 0.15) is 0 Å². The number of fused-ring (bicyclic) bond motifs is 6. The topological polar surface area (TPSA) is 6.48 Å². The summed E-state index contributed by atoms with van der Waals surface area (Å²) in [6, 6.07) is 51.0. The summed E-state index contributed by atoms with van der Waals surface area (Å²) in [7, 11) is 0. The molecule has 0 aromatic heterocycles. The van der Waals surface area contributed by atoms with Gasteiger partial charge in [0.15, 0.2) is 0 Å². The first-order valence-electron chi connectivity index (χ1n) is 27.0. The van der Waals surface area contributed by atoms with Gasteiger partial charge in [0.2, 0.25) is 0 Å². The lowest BCUT2D eigenvalue weighted by Gasteiger charge is -2.46. The summed E-state index contributed by atoms with van der Waals surface area (Å²) >= 11 is 0. The van der Waals surface area contributed by atoms with Gasteiger partial charge in [0.05, 0.1) is 5.69 Å². The van der Waals surface area contributed by atoms with Crippen LogP contribution in [0.2, 0.25) is 0 Å². The first kappa shape index (κ1) is 48.5. The van der Waals surface area contributed by atoms with E-state index in [9.17, 15) is 0 Å². The SMILES string of the molecule is Cc1cc(C(C)(C)C)ccc1N1c2ccc(-c3ccccc3)cc2B2c3cc4c(cc3N(c3ccc(C(C)(C)C)cc3-c3ccc5c(c3)C(C)(C)CC5(C)C)c3cc(C(C)(C)C)cc1c32)C(C)(C)CC4(C)C. The van der Waals surface area contributed by atoms with Crippen molar-refractivity contribution in [3.05, 3.63) is 172 Å². The van der Waals surface area contributed by atoms with Crippen LogP contribution >= 0.6 is 0 Å². The number of hydrogen-bond acceptors (Lipinski definition) is 2. The quantitative estimate of drug-likeness (QED) is 0.162. The third-order valence-electron chi connectivity index (χ3n) is 17.6. The van der Waals surface area contributed by atoms with Crippen molar-refractivity contribution in [3.8, 4) is 22.3 Å². The number of aryl methyl sites for hydroxylation is 1. The molecular weight excluding hydrogens is 868 g/mol. The van der Waals surface area contributed by atoms with E-state index in [0.29, 0.717) is 0 Å². The van der Waals surface area contributed by atoms with Gasteiger partial charge in [-0.1, -0.05) is 203 Å². The van der Waals surface area contributed by atoms with Crippen molar-refractivity contribution >= 4 is 57.2 Å². The molecule has 7 aromatic carbocycles. The maximum atomic E-state index is 2.74. The Morgan fingerprint density at radius 1 is 0.375 bits per heavy atom. The Balaban J connectivity index is 1.29. The van der Waals surface area contributed by atoms with Gasteiger partial charge in [0.25, 0.3) is 6.71 Å². The molecule has 4 aliphatic rings. The summed E-state index contributed by atoms with van der Waals surface area (Å²) in [6.07, 6.45) is 2.24. The Morgan fingerprint density at radius 2 is 0.861 bits per heavy atom. The van der Waals surface area contributed by atoms with Crippen LogP contribution in [-0.4, -0.2) is 6.71 Å². The summed E-state index contributed by atoms with van der Waals surface area (Å²) in [5.74, 6) is 0. The van der Waals surface area contributed by atoms with Crippen LogP contribution in [0.4, 0.5) is 34.1 Å².